The van der Waals surface area contributed by atoms with E-state index in [1.54, 1.807) is 16.8 Å². The fourth-order valence-electron chi connectivity index (χ4n) is 2.50. The Labute approximate surface area is 145 Å². The van der Waals surface area contributed by atoms with E-state index in [1.807, 2.05) is 25.1 Å². The number of benzene rings is 2. The molecule has 0 unspecified atom stereocenters. The van der Waals surface area contributed by atoms with Gasteiger partial charge in [-0.1, -0.05) is 53.6 Å². The highest BCUT2D eigenvalue weighted by Gasteiger charge is 2.17. The van der Waals surface area contributed by atoms with E-state index < -0.39 is 5.97 Å². The Kier molecular flexibility index (Phi) is 4.67. The number of rotatable bonds is 4. The topological polar surface area (TPSA) is 44.1 Å². The van der Waals surface area contributed by atoms with Crippen molar-refractivity contribution >= 4 is 17.6 Å². The summed E-state index contributed by atoms with van der Waals surface area (Å²) in [5, 5.41) is 4.95. The molecule has 0 aliphatic heterocycles. The van der Waals surface area contributed by atoms with Gasteiger partial charge in [0.2, 0.25) is 0 Å². The molecule has 0 spiro atoms. The standard InChI is InChI=1S/C19H17ClN2O2/c1-13-7-9-14(10-8-13)11-15-12-17(19(23)24-2)21-22(15)18-6-4-3-5-16(18)20/h3-10,12H,11H2,1-2H3. The second-order valence-electron chi connectivity index (χ2n) is 5.54. The van der Waals surface area contributed by atoms with Crippen molar-refractivity contribution in [2.75, 3.05) is 7.11 Å². The van der Waals surface area contributed by atoms with Crippen LogP contribution >= 0.6 is 11.6 Å². The summed E-state index contributed by atoms with van der Waals surface area (Å²) in [5.41, 5.74) is 4.20. The van der Waals surface area contributed by atoms with Gasteiger partial charge in [0.15, 0.2) is 5.69 Å². The Balaban J connectivity index is 2.06. The lowest BCUT2D eigenvalue weighted by molar-refractivity contribution is 0.0593. The number of methoxy groups -OCH3 is 1. The molecule has 1 aromatic heterocycles. The maximum Gasteiger partial charge on any atom is 0.358 e. The highest BCUT2D eigenvalue weighted by molar-refractivity contribution is 6.32. The zero-order chi connectivity index (χ0) is 17.1. The van der Waals surface area contributed by atoms with Crippen LogP contribution < -0.4 is 0 Å². The number of carbonyl (C=O) groups is 1. The van der Waals surface area contributed by atoms with Crippen molar-refractivity contribution in [3.8, 4) is 5.69 Å². The fourth-order valence-corrected chi connectivity index (χ4v) is 2.71. The van der Waals surface area contributed by atoms with Crippen molar-refractivity contribution < 1.29 is 9.53 Å². The summed E-state index contributed by atoms with van der Waals surface area (Å²) in [6.07, 6.45) is 0.634. The van der Waals surface area contributed by atoms with Crippen molar-refractivity contribution in [1.29, 1.82) is 0 Å². The van der Waals surface area contributed by atoms with Crippen molar-refractivity contribution in [2.24, 2.45) is 0 Å². The summed E-state index contributed by atoms with van der Waals surface area (Å²) >= 11 is 6.30. The molecule has 1 heterocycles. The minimum atomic E-state index is -0.467. The maximum atomic E-state index is 11.9. The third-order valence-electron chi connectivity index (χ3n) is 3.76. The Bertz CT molecular complexity index is 869. The summed E-state index contributed by atoms with van der Waals surface area (Å²) in [6, 6.07) is 17.4. The van der Waals surface area contributed by atoms with Crippen LogP contribution in [0, 0.1) is 6.92 Å². The molecule has 5 heteroatoms. The molecule has 24 heavy (non-hydrogen) atoms. The average Bonchev–Trinajstić information content (AvgIpc) is 3.00. The lowest BCUT2D eigenvalue weighted by Gasteiger charge is -2.09. The third kappa shape index (κ3) is 3.34. The first-order valence-corrected chi connectivity index (χ1v) is 7.94. The molecule has 3 rings (SSSR count). The van der Waals surface area contributed by atoms with Crippen LogP contribution in [0.3, 0.4) is 0 Å². The van der Waals surface area contributed by atoms with Gasteiger partial charge in [-0.2, -0.15) is 5.10 Å². The first-order chi connectivity index (χ1) is 11.6. The van der Waals surface area contributed by atoms with Gasteiger partial charge in [-0.3, -0.25) is 0 Å². The molecule has 122 valence electrons. The SMILES string of the molecule is COC(=O)c1cc(Cc2ccc(C)cc2)n(-c2ccccc2Cl)n1. The van der Waals surface area contributed by atoms with Crippen LogP contribution in [0.5, 0.6) is 0 Å². The van der Waals surface area contributed by atoms with Gasteiger partial charge in [0.1, 0.15) is 0 Å². The smallest absolute Gasteiger partial charge is 0.358 e. The first kappa shape index (κ1) is 16.3. The van der Waals surface area contributed by atoms with Gasteiger partial charge < -0.3 is 4.74 Å². The molecule has 0 fully saturated rings. The van der Waals surface area contributed by atoms with Gasteiger partial charge in [-0.25, -0.2) is 9.48 Å². The average molecular weight is 341 g/mol. The molecule has 0 bridgehead atoms. The third-order valence-corrected chi connectivity index (χ3v) is 4.08. The van der Waals surface area contributed by atoms with E-state index in [9.17, 15) is 4.79 Å². The molecule has 0 N–H and O–H groups in total. The van der Waals surface area contributed by atoms with Crippen LogP contribution in [0.25, 0.3) is 5.69 Å². The van der Waals surface area contributed by atoms with E-state index in [-0.39, 0.29) is 5.69 Å². The number of esters is 1. The maximum absolute atomic E-state index is 11.9. The van der Waals surface area contributed by atoms with Gasteiger partial charge in [-0.15, -0.1) is 0 Å². The van der Waals surface area contributed by atoms with E-state index in [1.165, 1.54) is 12.7 Å². The largest absolute Gasteiger partial charge is 0.464 e. The summed E-state index contributed by atoms with van der Waals surface area (Å²) in [7, 11) is 1.34. The molecular weight excluding hydrogens is 324 g/mol. The predicted molar refractivity (Wildman–Crippen MR) is 93.9 cm³/mol. The van der Waals surface area contributed by atoms with Crippen LogP contribution in [-0.4, -0.2) is 22.9 Å². The zero-order valence-corrected chi connectivity index (χ0v) is 14.2. The minimum absolute atomic E-state index is 0.263. The Hall–Kier alpha value is -2.59. The molecule has 4 nitrogen and oxygen atoms in total. The number of hydrogen-bond donors (Lipinski definition) is 0. The number of para-hydroxylation sites is 1. The summed E-state index contributed by atoms with van der Waals surface area (Å²) in [4.78, 5) is 11.9. The highest BCUT2D eigenvalue weighted by atomic mass is 35.5. The van der Waals surface area contributed by atoms with Crippen molar-refractivity contribution in [1.82, 2.24) is 9.78 Å². The Morgan fingerprint density at radius 2 is 1.88 bits per heavy atom. The summed E-state index contributed by atoms with van der Waals surface area (Å²) in [6.45, 7) is 2.05. The van der Waals surface area contributed by atoms with Gasteiger partial charge in [0.25, 0.3) is 0 Å². The monoisotopic (exact) mass is 340 g/mol. The molecular formula is C19H17ClN2O2. The number of aryl methyl sites for hydroxylation is 1. The van der Waals surface area contributed by atoms with Crippen LogP contribution in [-0.2, 0) is 11.2 Å². The number of carbonyl (C=O) groups excluding carboxylic acids is 1. The first-order valence-electron chi connectivity index (χ1n) is 7.56. The van der Waals surface area contributed by atoms with Crippen LogP contribution in [0.2, 0.25) is 5.02 Å². The number of aromatic nitrogens is 2. The fraction of sp³-hybridized carbons (Fsp3) is 0.158. The lowest BCUT2D eigenvalue weighted by Crippen LogP contribution is -2.06. The molecule has 0 aliphatic rings. The number of ether oxygens (including phenoxy) is 1. The molecule has 0 atom stereocenters. The number of nitrogens with zero attached hydrogens (tertiary/aromatic N) is 2. The van der Waals surface area contributed by atoms with Crippen molar-refractivity contribution in [2.45, 2.75) is 13.3 Å². The van der Waals surface area contributed by atoms with Crippen LogP contribution in [0.15, 0.2) is 54.6 Å². The lowest BCUT2D eigenvalue weighted by atomic mass is 10.1. The van der Waals surface area contributed by atoms with Crippen LogP contribution in [0.1, 0.15) is 27.3 Å². The van der Waals surface area contributed by atoms with Gasteiger partial charge >= 0.3 is 5.97 Å². The molecule has 3 aromatic rings. The molecule has 0 radical (unpaired) electrons. The predicted octanol–water partition coefficient (Wildman–Crippen LogP) is 4.21. The zero-order valence-electron chi connectivity index (χ0n) is 13.5. The summed E-state index contributed by atoms with van der Waals surface area (Å²) in [5.74, 6) is -0.467. The van der Waals surface area contributed by atoms with Crippen molar-refractivity contribution in [3.63, 3.8) is 0 Å². The molecule has 0 amide bonds. The second kappa shape index (κ2) is 6.89. The molecule has 0 saturated heterocycles. The van der Waals surface area contributed by atoms with Gasteiger partial charge in [0, 0.05) is 12.1 Å². The van der Waals surface area contributed by atoms with Gasteiger partial charge in [0.05, 0.1) is 17.8 Å². The van der Waals surface area contributed by atoms with E-state index >= 15 is 0 Å². The quantitative estimate of drug-likeness (QED) is 0.668. The van der Waals surface area contributed by atoms with Crippen LogP contribution in [0.4, 0.5) is 0 Å². The summed E-state index contributed by atoms with van der Waals surface area (Å²) < 4.78 is 6.49. The van der Waals surface area contributed by atoms with E-state index in [2.05, 4.69) is 29.4 Å². The normalized spacial score (nSPS) is 10.6. The molecule has 2 aromatic carbocycles. The molecule has 0 saturated carbocycles. The van der Waals surface area contributed by atoms with Gasteiger partial charge in [-0.05, 0) is 30.7 Å². The van der Waals surface area contributed by atoms with E-state index in [0.29, 0.717) is 11.4 Å². The minimum Gasteiger partial charge on any atom is -0.464 e. The van der Waals surface area contributed by atoms with E-state index in [0.717, 1.165) is 16.9 Å². The van der Waals surface area contributed by atoms with Crippen molar-refractivity contribution in [3.05, 3.63) is 82.1 Å². The number of hydrogen-bond acceptors (Lipinski definition) is 3. The number of halogens is 1. The Morgan fingerprint density at radius 1 is 1.17 bits per heavy atom. The Morgan fingerprint density at radius 3 is 2.54 bits per heavy atom. The second-order valence-corrected chi connectivity index (χ2v) is 5.95. The molecule has 0 aliphatic carbocycles. The van der Waals surface area contributed by atoms with E-state index in [4.69, 9.17) is 16.3 Å². The highest BCUT2D eigenvalue weighted by Crippen LogP contribution is 2.23.